The van der Waals surface area contributed by atoms with Gasteiger partial charge in [0, 0.05) is 6.20 Å². The van der Waals surface area contributed by atoms with Gasteiger partial charge in [-0.2, -0.15) is 0 Å². The highest BCUT2D eigenvalue weighted by molar-refractivity contribution is 7.92. The van der Waals surface area contributed by atoms with E-state index in [0.29, 0.717) is 17.7 Å². The number of pyridine rings is 1. The molecule has 0 aliphatic carbocycles. The predicted octanol–water partition coefficient (Wildman–Crippen LogP) is 2.33. The largest absolute Gasteiger partial charge is 0.388 e. The summed E-state index contributed by atoms with van der Waals surface area (Å²) in [6.07, 6.45) is 2.86. The zero-order valence-electron chi connectivity index (χ0n) is 11.0. The van der Waals surface area contributed by atoms with Crippen LogP contribution in [0.2, 0.25) is 0 Å². The lowest BCUT2D eigenvalue weighted by atomic mass is 10.1. The quantitative estimate of drug-likeness (QED) is 0.886. The lowest BCUT2D eigenvalue weighted by Crippen LogP contribution is -2.13. The average Bonchev–Trinajstić information content (AvgIpc) is 2.47. The monoisotopic (exact) mass is 292 g/mol. The average molecular weight is 292 g/mol. The molecular formula is C14H16N2O3S. The van der Waals surface area contributed by atoms with E-state index in [1.54, 1.807) is 30.5 Å². The molecule has 2 N–H and O–H groups in total. The van der Waals surface area contributed by atoms with Gasteiger partial charge < -0.3 is 5.11 Å². The van der Waals surface area contributed by atoms with E-state index >= 15 is 0 Å². The first-order valence-electron chi connectivity index (χ1n) is 6.24. The molecule has 0 fully saturated rings. The van der Waals surface area contributed by atoms with Crippen LogP contribution in [0.1, 0.15) is 25.0 Å². The molecule has 1 unspecified atom stereocenters. The zero-order chi connectivity index (χ0) is 14.6. The van der Waals surface area contributed by atoms with Crippen molar-refractivity contribution in [3.8, 4) is 0 Å². The molecule has 2 aromatic rings. The Balaban J connectivity index is 2.30. The van der Waals surface area contributed by atoms with Gasteiger partial charge in [0.05, 0.1) is 22.9 Å². The molecule has 1 aromatic carbocycles. The van der Waals surface area contributed by atoms with Gasteiger partial charge in [-0.1, -0.05) is 19.1 Å². The van der Waals surface area contributed by atoms with Crippen LogP contribution in [0.5, 0.6) is 0 Å². The summed E-state index contributed by atoms with van der Waals surface area (Å²) in [4.78, 5) is 3.97. The molecule has 0 aliphatic heterocycles. The predicted molar refractivity (Wildman–Crippen MR) is 76.7 cm³/mol. The van der Waals surface area contributed by atoms with E-state index in [4.69, 9.17) is 0 Å². The lowest BCUT2D eigenvalue weighted by Gasteiger charge is -2.11. The summed E-state index contributed by atoms with van der Waals surface area (Å²) >= 11 is 0. The molecule has 1 atom stereocenters. The molecule has 0 radical (unpaired) electrons. The van der Waals surface area contributed by atoms with Gasteiger partial charge in [0.2, 0.25) is 0 Å². The molecule has 1 aromatic heterocycles. The molecule has 1 heterocycles. The second kappa shape index (κ2) is 6.02. The molecule has 106 valence electrons. The standard InChI is InChI=1S/C14H16N2O3S/c1-2-14(17)11-5-3-7-13(9-11)20(18,19)16-12-6-4-8-15-10-12/h3-10,14,16-17H,2H2,1H3. The first-order valence-corrected chi connectivity index (χ1v) is 7.72. The Bertz CT molecular complexity index is 672. The normalized spacial score (nSPS) is 12.9. The summed E-state index contributed by atoms with van der Waals surface area (Å²) in [6.45, 7) is 1.83. The third-order valence-electron chi connectivity index (χ3n) is 2.85. The van der Waals surface area contributed by atoms with Gasteiger partial charge in [-0.25, -0.2) is 8.42 Å². The minimum Gasteiger partial charge on any atom is -0.388 e. The molecule has 6 heteroatoms. The van der Waals surface area contributed by atoms with Crippen LogP contribution in [-0.4, -0.2) is 18.5 Å². The fraction of sp³-hybridized carbons (Fsp3) is 0.214. The van der Waals surface area contributed by atoms with Crippen LogP contribution in [0.3, 0.4) is 0 Å². The maximum absolute atomic E-state index is 12.2. The van der Waals surface area contributed by atoms with Crippen molar-refractivity contribution in [2.75, 3.05) is 4.72 Å². The molecule has 0 aliphatic rings. The number of rotatable bonds is 5. The number of sulfonamides is 1. The molecule has 0 amide bonds. The molecule has 0 saturated heterocycles. The second-order valence-electron chi connectivity index (χ2n) is 4.34. The van der Waals surface area contributed by atoms with Crippen LogP contribution in [-0.2, 0) is 10.0 Å². The maximum atomic E-state index is 12.2. The highest BCUT2D eigenvalue weighted by Crippen LogP contribution is 2.21. The van der Waals surface area contributed by atoms with Crippen LogP contribution in [0.4, 0.5) is 5.69 Å². The van der Waals surface area contributed by atoms with E-state index < -0.39 is 16.1 Å². The third kappa shape index (κ3) is 3.34. The Labute approximate surface area is 118 Å². The number of nitrogens with one attached hydrogen (secondary N) is 1. The Morgan fingerprint density at radius 1 is 1.30 bits per heavy atom. The SMILES string of the molecule is CCC(O)c1cccc(S(=O)(=O)Nc2cccnc2)c1. The summed E-state index contributed by atoms with van der Waals surface area (Å²) in [5, 5.41) is 9.78. The van der Waals surface area contributed by atoms with Gasteiger partial charge in [-0.05, 0) is 36.2 Å². The maximum Gasteiger partial charge on any atom is 0.261 e. The summed E-state index contributed by atoms with van der Waals surface area (Å²) < 4.78 is 26.9. The number of hydrogen-bond donors (Lipinski definition) is 2. The van der Waals surface area contributed by atoms with E-state index in [1.807, 2.05) is 6.92 Å². The fourth-order valence-corrected chi connectivity index (χ4v) is 2.86. The van der Waals surface area contributed by atoms with E-state index in [9.17, 15) is 13.5 Å². The van der Waals surface area contributed by atoms with Crippen molar-refractivity contribution in [1.29, 1.82) is 0 Å². The van der Waals surface area contributed by atoms with Gasteiger partial charge in [0.1, 0.15) is 0 Å². The molecule has 0 saturated carbocycles. The van der Waals surface area contributed by atoms with Crippen molar-refractivity contribution in [2.45, 2.75) is 24.3 Å². The van der Waals surface area contributed by atoms with E-state index in [1.165, 1.54) is 18.3 Å². The fourth-order valence-electron chi connectivity index (χ4n) is 1.76. The Kier molecular flexibility index (Phi) is 4.36. The van der Waals surface area contributed by atoms with Gasteiger partial charge in [-0.3, -0.25) is 9.71 Å². The van der Waals surface area contributed by atoms with E-state index in [2.05, 4.69) is 9.71 Å². The van der Waals surface area contributed by atoms with Gasteiger partial charge in [0.15, 0.2) is 0 Å². The van der Waals surface area contributed by atoms with Crippen LogP contribution in [0.25, 0.3) is 0 Å². The van der Waals surface area contributed by atoms with Crippen molar-refractivity contribution < 1.29 is 13.5 Å². The van der Waals surface area contributed by atoms with Crippen LogP contribution in [0.15, 0.2) is 53.7 Å². The van der Waals surface area contributed by atoms with E-state index in [-0.39, 0.29) is 4.90 Å². The molecule has 0 spiro atoms. The van der Waals surface area contributed by atoms with Crippen molar-refractivity contribution in [3.05, 3.63) is 54.4 Å². The smallest absolute Gasteiger partial charge is 0.261 e. The molecular weight excluding hydrogens is 276 g/mol. The number of aromatic nitrogens is 1. The van der Waals surface area contributed by atoms with Crippen molar-refractivity contribution >= 4 is 15.7 Å². The van der Waals surface area contributed by atoms with E-state index in [0.717, 1.165) is 0 Å². The van der Waals surface area contributed by atoms with Crippen LogP contribution in [0, 0.1) is 0 Å². The summed E-state index contributed by atoms with van der Waals surface area (Å²) in [6, 6.07) is 9.56. The summed E-state index contributed by atoms with van der Waals surface area (Å²) in [5.41, 5.74) is 0.982. The van der Waals surface area contributed by atoms with Gasteiger partial charge in [0.25, 0.3) is 10.0 Å². The Morgan fingerprint density at radius 3 is 2.75 bits per heavy atom. The Morgan fingerprint density at radius 2 is 2.10 bits per heavy atom. The van der Waals surface area contributed by atoms with Crippen molar-refractivity contribution in [1.82, 2.24) is 4.98 Å². The molecule has 0 bridgehead atoms. The van der Waals surface area contributed by atoms with Gasteiger partial charge in [-0.15, -0.1) is 0 Å². The number of aliphatic hydroxyl groups excluding tert-OH is 1. The van der Waals surface area contributed by atoms with Crippen molar-refractivity contribution in [2.24, 2.45) is 0 Å². The number of nitrogens with zero attached hydrogens (tertiary/aromatic N) is 1. The van der Waals surface area contributed by atoms with Crippen LogP contribution < -0.4 is 4.72 Å². The first-order chi connectivity index (χ1) is 9.53. The highest BCUT2D eigenvalue weighted by Gasteiger charge is 2.16. The van der Waals surface area contributed by atoms with Crippen molar-refractivity contribution in [3.63, 3.8) is 0 Å². The number of anilines is 1. The first kappa shape index (κ1) is 14.5. The van der Waals surface area contributed by atoms with Gasteiger partial charge >= 0.3 is 0 Å². The summed E-state index contributed by atoms with van der Waals surface area (Å²) in [5.74, 6) is 0. The topological polar surface area (TPSA) is 79.3 Å². The molecule has 2 rings (SSSR count). The number of aliphatic hydroxyl groups is 1. The number of benzene rings is 1. The molecule has 5 nitrogen and oxygen atoms in total. The highest BCUT2D eigenvalue weighted by atomic mass is 32.2. The van der Waals surface area contributed by atoms with Crippen LogP contribution >= 0.6 is 0 Å². The molecule has 20 heavy (non-hydrogen) atoms. The third-order valence-corrected chi connectivity index (χ3v) is 4.23. The second-order valence-corrected chi connectivity index (χ2v) is 6.03. The minimum absolute atomic E-state index is 0.117. The lowest BCUT2D eigenvalue weighted by molar-refractivity contribution is 0.173. The zero-order valence-corrected chi connectivity index (χ0v) is 11.8. The minimum atomic E-state index is -3.68. The number of hydrogen-bond acceptors (Lipinski definition) is 4. The summed E-state index contributed by atoms with van der Waals surface area (Å²) in [7, 11) is -3.68. The Hall–Kier alpha value is -1.92.